The molecule has 2 rings (SSSR count). The van der Waals surface area contributed by atoms with Crippen LogP contribution in [0.5, 0.6) is 11.5 Å². The fraction of sp³-hybridized carbons (Fsp3) is 0.438. The van der Waals surface area contributed by atoms with E-state index in [1.807, 2.05) is 24.3 Å². The van der Waals surface area contributed by atoms with E-state index in [0.717, 1.165) is 48.1 Å². The van der Waals surface area contributed by atoms with Crippen molar-refractivity contribution in [1.82, 2.24) is 10.3 Å². The van der Waals surface area contributed by atoms with Crippen molar-refractivity contribution in [2.24, 2.45) is 0 Å². The van der Waals surface area contributed by atoms with Crippen molar-refractivity contribution in [2.75, 3.05) is 20.3 Å². The molecule has 5 heteroatoms. The Morgan fingerprint density at radius 3 is 2.81 bits per heavy atom. The number of rotatable bonds is 9. The normalized spacial score (nSPS) is 10.6. The van der Waals surface area contributed by atoms with Gasteiger partial charge in [0.2, 0.25) is 0 Å². The van der Waals surface area contributed by atoms with Crippen molar-refractivity contribution in [3.63, 3.8) is 0 Å². The first-order valence-electron chi connectivity index (χ1n) is 7.23. The molecule has 0 saturated carbocycles. The number of benzene rings is 1. The van der Waals surface area contributed by atoms with Crippen LogP contribution in [0.3, 0.4) is 0 Å². The summed E-state index contributed by atoms with van der Waals surface area (Å²) in [6.45, 7) is 4.64. The summed E-state index contributed by atoms with van der Waals surface area (Å²) in [6.07, 6.45) is 1.96. The highest BCUT2D eigenvalue weighted by Gasteiger charge is 2.05. The second-order valence-electron chi connectivity index (χ2n) is 4.66. The van der Waals surface area contributed by atoms with Gasteiger partial charge in [-0.05, 0) is 25.1 Å². The van der Waals surface area contributed by atoms with Crippen molar-refractivity contribution in [1.29, 1.82) is 0 Å². The summed E-state index contributed by atoms with van der Waals surface area (Å²) in [4.78, 5) is 4.60. The predicted molar refractivity (Wildman–Crippen MR) is 86.3 cm³/mol. The largest absolute Gasteiger partial charge is 0.493 e. The van der Waals surface area contributed by atoms with Gasteiger partial charge < -0.3 is 14.8 Å². The third-order valence-electron chi connectivity index (χ3n) is 2.97. The van der Waals surface area contributed by atoms with Crippen molar-refractivity contribution in [3.05, 3.63) is 40.3 Å². The van der Waals surface area contributed by atoms with Crippen LogP contribution < -0.4 is 14.8 Å². The van der Waals surface area contributed by atoms with Crippen LogP contribution in [0.2, 0.25) is 0 Å². The van der Waals surface area contributed by atoms with Crippen LogP contribution in [0.4, 0.5) is 0 Å². The number of para-hydroxylation sites is 2. The number of thiazole rings is 1. The fourth-order valence-electron chi connectivity index (χ4n) is 1.92. The molecule has 0 aliphatic rings. The Kier molecular flexibility index (Phi) is 6.50. The van der Waals surface area contributed by atoms with E-state index < -0.39 is 0 Å². The first kappa shape index (κ1) is 15.8. The smallest absolute Gasteiger partial charge is 0.161 e. The zero-order valence-electron chi connectivity index (χ0n) is 12.6. The lowest BCUT2D eigenvalue weighted by molar-refractivity contribution is 0.297. The molecule has 0 saturated heterocycles. The Labute approximate surface area is 130 Å². The molecule has 1 aromatic heterocycles. The summed E-state index contributed by atoms with van der Waals surface area (Å²) in [7, 11) is 1.65. The maximum atomic E-state index is 5.77. The molecule has 0 amide bonds. The van der Waals surface area contributed by atoms with Crippen molar-refractivity contribution >= 4 is 11.3 Å². The van der Waals surface area contributed by atoms with Crippen LogP contribution in [0, 0.1) is 0 Å². The van der Waals surface area contributed by atoms with Gasteiger partial charge >= 0.3 is 0 Å². The molecule has 0 radical (unpaired) electrons. The highest BCUT2D eigenvalue weighted by atomic mass is 32.1. The lowest BCUT2D eigenvalue weighted by atomic mass is 10.3. The minimum atomic E-state index is 0.607. The third kappa shape index (κ3) is 5.02. The summed E-state index contributed by atoms with van der Waals surface area (Å²) in [5.41, 5.74) is 1.11. The molecule has 2 aromatic rings. The van der Waals surface area contributed by atoms with Gasteiger partial charge in [-0.15, -0.1) is 11.3 Å². The van der Waals surface area contributed by atoms with Crippen LogP contribution in [-0.4, -0.2) is 25.2 Å². The summed E-state index contributed by atoms with van der Waals surface area (Å²) < 4.78 is 11.0. The molecule has 21 heavy (non-hydrogen) atoms. The highest BCUT2D eigenvalue weighted by molar-refractivity contribution is 7.09. The number of aromatic nitrogens is 1. The van der Waals surface area contributed by atoms with Crippen LogP contribution in [0.1, 0.15) is 24.0 Å². The van der Waals surface area contributed by atoms with Gasteiger partial charge in [-0.3, -0.25) is 0 Å². The van der Waals surface area contributed by atoms with Crippen LogP contribution in [-0.2, 0) is 13.0 Å². The van der Waals surface area contributed by atoms with Gasteiger partial charge in [0.25, 0.3) is 0 Å². The number of ether oxygens (including phenoxy) is 2. The molecule has 0 bridgehead atoms. The summed E-state index contributed by atoms with van der Waals surface area (Å²) in [6, 6.07) is 7.69. The zero-order valence-corrected chi connectivity index (χ0v) is 13.4. The molecule has 0 aliphatic carbocycles. The highest BCUT2D eigenvalue weighted by Crippen LogP contribution is 2.25. The number of nitrogens with zero attached hydrogens (tertiary/aromatic N) is 1. The molecule has 1 heterocycles. The van der Waals surface area contributed by atoms with Gasteiger partial charge in [-0.25, -0.2) is 4.98 Å². The maximum absolute atomic E-state index is 5.77. The Bertz CT molecular complexity index is 543. The molecule has 0 unspecified atom stereocenters. The van der Waals surface area contributed by atoms with E-state index in [4.69, 9.17) is 9.47 Å². The summed E-state index contributed by atoms with van der Waals surface area (Å²) in [5.74, 6) is 1.54. The third-order valence-corrected chi connectivity index (χ3v) is 3.93. The first-order chi connectivity index (χ1) is 10.3. The lowest BCUT2D eigenvalue weighted by Crippen LogP contribution is -2.14. The Hall–Kier alpha value is -1.59. The molecule has 0 spiro atoms. The zero-order chi connectivity index (χ0) is 14.9. The molecule has 114 valence electrons. The number of hydrogen-bond acceptors (Lipinski definition) is 5. The van der Waals surface area contributed by atoms with Crippen molar-refractivity contribution in [3.8, 4) is 11.5 Å². The summed E-state index contributed by atoms with van der Waals surface area (Å²) >= 11 is 1.69. The monoisotopic (exact) mass is 306 g/mol. The van der Waals surface area contributed by atoms with Crippen LogP contribution in [0.15, 0.2) is 29.6 Å². The van der Waals surface area contributed by atoms with E-state index in [1.165, 1.54) is 0 Å². The SMILES string of the molecule is CCCNCc1csc(CCOc2ccccc2OC)n1. The fourth-order valence-corrected chi connectivity index (χ4v) is 2.70. The average Bonchev–Trinajstić information content (AvgIpc) is 2.96. The molecular weight excluding hydrogens is 284 g/mol. The first-order valence-corrected chi connectivity index (χ1v) is 8.11. The Balaban J connectivity index is 1.78. The van der Waals surface area contributed by atoms with Crippen LogP contribution in [0.25, 0.3) is 0 Å². The molecule has 1 aromatic carbocycles. The molecule has 0 fully saturated rings. The van der Waals surface area contributed by atoms with E-state index in [9.17, 15) is 0 Å². The molecule has 1 N–H and O–H groups in total. The van der Waals surface area contributed by atoms with E-state index in [-0.39, 0.29) is 0 Å². The van der Waals surface area contributed by atoms with E-state index in [1.54, 1.807) is 18.4 Å². The molecule has 0 atom stereocenters. The van der Waals surface area contributed by atoms with Gasteiger partial charge in [-0.1, -0.05) is 19.1 Å². The minimum Gasteiger partial charge on any atom is -0.493 e. The van der Waals surface area contributed by atoms with Gasteiger partial charge in [0, 0.05) is 18.3 Å². The van der Waals surface area contributed by atoms with Gasteiger partial charge in [0.1, 0.15) is 0 Å². The van der Waals surface area contributed by atoms with Gasteiger partial charge in [0.05, 0.1) is 24.4 Å². The van der Waals surface area contributed by atoms with E-state index in [2.05, 4.69) is 22.6 Å². The van der Waals surface area contributed by atoms with Gasteiger partial charge in [0.15, 0.2) is 11.5 Å². The summed E-state index contributed by atoms with van der Waals surface area (Å²) in [5, 5.41) is 6.58. The quantitative estimate of drug-likeness (QED) is 0.722. The standard InChI is InChI=1S/C16H22N2O2S/c1-3-9-17-11-13-12-21-16(18-13)8-10-20-15-7-5-4-6-14(15)19-2/h4-7,12,17H,3,8-11H2,1-2H3. The van der Waals surface area contributed by atoms with Crippen molar-refractivity contribution < 1.29 is 9.47 Å². The minimum absolute atomic E-state index is 0.607. The van der Waals surface area contributed by atoms with E-state index in [0.29, 0.717) is 6.61 Å². The molecule has 0 aliphatic heterocycles. The number of nitrogens with one attached hydrogen (secondary N) is 1. The molecular formula is C16H22N2O2S. The van der Waals surface area contributed by atoms with Crippen LogP contribution >= 0.6 is 11.3 Å². The number of methoxy groups -OCH3 is 1. The number of hydrogen-bond donors (Lipinski definition) is 1. The Morgan fingerprint density at radius 1 is 1.24 bits per heavy atom. The maximum Gasteiger partial charge on any atom is 0.161 e. The predicted octanol–water partition coefficient (Wildman–Crippen LogP) is 3.27. The lowest BCUT2D eigenvalue weighted by Gasteiger charge is -2.09. The topological polar surface area (TPSA) is 43.4 Å². The van der Waals surface area contributed by atoms with E-state index >= 15 is 0 Å². The van der Waals surface area contributed by atoms with Crippen molar-refractivity contribution in [2.45, 2.75) is 26.3 Å². The molecule has 4 nitrogen and oxygen atoms in total. The second-order valence-corrected chi connectivity index (χ2v) is 5.60. The second kappa shape index (κ2) is 8.64. The Morgan fingerprint density at radius 2 is 2.05 bits per heavy atom. The average molecular weight is 306 g/mol. The van der Waals surface area contributed by atoms with Gasteiger partial charge in [-0.2, -0.15) is 0 Å².